The van der Waals surface area contributed by atoms with Gasteiger partial charge in [0.2, 0.25) is 0 Å². The number of aliphatic hydroxyl groups is 7. The van der Waals surface area contributed by atoms with Gasteiger partial charge in [-0.1, -0.05) is 0 Å². The Morgan fingerprint density at radius 3 is 1.00 bits per heavy atom. The van der Waals surface area contributed by atoms with Gasteiger partial charge >= 0.3 is 0 Å². The fourth-order valence-electron chi connectivity index (χ4n) is 4.40. The molecule has 2 aliphatic heterocycles. The fourth-order valence-corrected chi connectivity index (χ4v) is 4.40. The zero-order valence-corrected chi connectivity index (χ0v) is 27.3. The summed E-state index contributed by atoms with van der Waals surface area (Å²) < 4.78 is 22.2. The summed E-state index contributed by atoms with van der Waals surface area (Å²) in [5.74, 6) is -3.33. The molecule has 3 rings (SSSR count). The third-order valence-corrected chi connectivity index (χ3v) is 6.45. The van der Waals surface area contributed by atoms with Crippen molar-refractivity contribution < 1.29 is 94.3 Å². The number of aliphatic carboxylic acids is 4. The largest absolute Gasteiger partial charge is 0.481 e. The van der Waals surface area contributed by atoms with Crippen molar-refractivity contribution in [3.8, 4) is 0 Å². The van der Waals surface area contributed by atoms with Gasteiger partial charge < -0.3 is 98.1 Å². The predicted octanol–water partition coefficient (Wildman–Crippen LogP) is -6.93. The zero-order valence-electron chi connectivity index (χ0n) is 27.3. The van der Waals surface area contributed by atoms with Crippen molar-refractivity contribution in [2.45, 2.75) is 126 Å². The summed E-state index contributed by atoms with van der Waals surface area (Å²) in [6, 6.07) is -1.68. The average molecular weight is 725 g/mol. The third kappa shape index (κ3) is 17.7. The molecule has 2 saturated heterocycles. The maximum Gasteiger partial charge on any atom is 0.300 e. The Hall–Kier alpha value is -2.72. The highest BCUT2D eigenvalue weighted by Gasteiger charge is 2.51. The Kier molecular flexibility index (Phi) is 23.3. The Bertz CT molecular complexity index is 880. The van der Waals surface area contributed by atoms with Crippen LogP contribution in [0.1, 0.15) is 34.1 Å². The van der Waals surface area contributed by atoms with Gasteiger partial charge in [0.05, 0.1) is 0 Å². The maximum absolute atomic E-state index is 10.9. The van der Waals surface area contributed by atoms with E-state index in [4.69, 9.17) is 81.5 Å². The smallest absolute Gasteiger partial charge is 0.300 e. The SMILES string of the molecule is CC(=O)O.CC(=O)O.CC(=O)O.CC(=O)O.NC[C@@H]1O[C@H](O[C@@H]2C(O)[C@H](O[C@@H]3O[C@@H](CN)[C@H](O)[C@@H](O)[C@@H]3O)[C@@H](N)C[C@H]2N)[C@@H](O)[C@H](O)[C@H]1O. The molecule has 3 fully saturated rings. The number of carbonyl (C=O) groups is 4. The van der Waals surface area contributed by atoms with Crippen molar-refractivity contribution in [2.75, 3.05) is 13.1 Å². The van der Waals surface area contributed by atoms with Crippen molar-refractivity contribution in [3.63, 3.8) is 0 Å². The third-order valence-electron chi connectivity index (χ3n) is 6.45. The minimum atomic E-state index is -1.66. The van der Waals surface area contributed by atoms with Gasteiger partial charge in [-0.3, -0.25) is 19.2 Å². The number of rotatable bonds is 6. The van der Waals surface area contributed by atoms with Crippen LogP contribution in [0.2, 0.25) is 0 Å². The van der Waals surface area contributed by atoms with E-state index in [0.29, 0.717) is 0 Å². The lowest BCUT2D eigenvalue weighted by molar-refractivity contribution is -0.336. The molecule has 1 unspecified atom stereocenters. The van der Waals surface area contributed by atoms with Gasteiger partial charge in [0.25, 0.3) is 23.9 Å². The van der Waals surface area contributed by atoms with Gasteiger partial charge in [-0.2, -0.15) is 0 Å². The minimum absolute atomic E-state index is 0.0784. The van der Waals surface area contributed by atoms with E-state index in [1.165, 1.54) is 0 Å². The highest BCUT2D eigenvalue weighted by Crippen LogP contribution is 2.31. The van der Waals surface area contributed by atoms with Gasteiger partial charge in [0.15, 0.2) is 12.6 Å². The summed E-state index contributed by atoms with van der Waals surface area (Å²) in [5, 5.41) is 101. The molecule has 0 bridgehead atoms. The summed E-state index contributed by atoms with van der Waals surface area (Å²) in [4.78, 5) is 36.0. The van der Waals surface area contributed by atoms with E-state index in [9.17, 15) is 35.7 Å². The molecule has 0 aromatic rings. The molecule has 3 aliphatic rings. The summed E-state index contributed by atoms with van der Waals surface area (Å²) >= 11 is 0. The van der Waals surface area contributed by atoms with Crippen molar-refractivity contribution in [3.05, 3.63) is 0 Å². The van der Waals surface area contributed by atoms with Crippen molar-refractivity contribution in [1.29, 1.82) is 0 Å². The zero-order chi connectivity index (χ0) is 38.9. The van der Waals surface area contributed by atoms with Crippen molar-refractivity contribution in [2.24, 2.45) is 22.9 Å². The van der Waals surface area contributed by atoms with Gasteiger partial charge in [-0.15, -0.1) is 0 Å². The number of hydrogen-bond acceptors (Lipinski definition) is 19. The molecule has 0 aromatic heterocycles. The second kappa shape index (κ2) is 23.6. The number of hydrogen-bond donors (Lipinski definition) is 15. The maximum atomic E-state index is 10.9. The molecule has 0 radical (unpaired) electrons. The summed E-state index contributed by atoms with van der Waals surface area (Å²) in [6.45, 7) is 3.99. The topological polar surface area (TPSA) is 432 Å². The van der Waals surface area contributed by atoms with E-state index in [-0.39, 0.29) is 19.5 Å². The quantitative estimate of drug-likeness (QED) is 0.121. The van der Waals surface area contributed by atoms with E-state index < -0.39 is 116 Å². The monoisotopic (exact) mass is 724 g/mol. The van der Waals surface area contributed by atoms with Gasteiger partial charge in [-0.05, 0) is 6.42 Å². The summed E-state index contributed by atoms with van der Waals surface area (Å²) in [5.41, 5.74) is 23.2. The number of ether oxygens (including phenoxy) is 4. The molecule has 0 spiro atoms. The molecule has 0 aromatic carbocycles. The van der Waals surface area contributed by atoms with Crippen LogP contribution in [0.25, 0.3) is 0 Å². The summed E-state index contributed by atoms with van der Waals surface area (Å²) in [7, 11) is 0. The van der Waals surface area contributed by atoms with Crippen LogP contribution in [0.15, 0.2) is 0 Å². The van der Waals surface area contributed by atoms with Gasteiger partial charge in [0, 0.05) is 52.9 Å². The number of nitrogens with two attached hydrogens (primary N) is 4. The standard InChI is InChI=1S/C18H36N4O11.4C2H4O2/c19-2-6-8(23)10(25)12(27)17(30-6)32-15-4(21)1-5(22)16(14(15)29)33-18-13(28)11(26)9(24)7(3-20)31-18;4*1-2(3)4/h4-18,23-29H,1-3,19-22H2;4*1H3,(H,3,4)/t4-,5+,6-,7-,8-,9-,10+,11+,12-,13-,14?,15+,16-,17-,18+;;;;/m0..../s1. The molecule has 2 heterocycles. The number of carboxylic acids is 4. The van der Waals surface area contributed by atoms with Crippen molar-refractivity contribution >= 4 is 23.9 Å². The van der Waals surface area contributed by atoms with Crippen LogP contribution in [0.3, 0.4) is 0 Å². The fraction of sp³-hybridized carbons (Fsp3) is 0.846. The predicted molar refractivity (Wildman–Crippen MR) is 161 cm³/mol. The molecule has 1 saturated carbocycles. The van der Waals surface area contributed by atoms with Crippen LogP contribution < -0.4 is 22.9 Å². The number of aliphatic hydroxyl groups excluding tert-OH is 7. The van der Waals surface area contributed by atoms with Crippen LogP contribution in [-0.4, -0.2) is 185 Å². The van der Waals surface area contributed by atoms with Crippen LogP contribution in [0, 0.1) is 0 Å². The molecule has 290 valence electrons. The second-order valence-electron chi connectivity index (χ2n) is 10.8. The van der Waals surface area contributed by atoms with Gasteiger partial charge in [0.1, 0.15) is 67.1 Å². The second-order valence-corrected chi connectivity index (χ2v) is 10.8. The molecule has 15 atom stereocenters. The van der Waals surface area contributed by atoms with Crippen LogP contribution in [0.4, 0.5) is 0 Å². The molecule has 23 nitrogen and oxygen atoms in total. The Labute approximate surface area is 280 Å². The van der Waals surface area contributed by atoms with Gasteiger partial charge in [-0.25, -0.2) is 0 Å². The average Bonchev–Trinajstić information content (AvgIpc) is 2.96. The first-order valence-electron chi connectivity index (χ1n) is 14.5. The van der Waals surface area contributed by atoms with E-state index in [2.05, 4.69) is 0 Å². The van der Waals surface area contributed by atoms with E-state index in [1.54, 1.807) is 0 Å². The molecule has 19 N–H and O–H groups in total. The molecule has 49 heavy (non-hydrogen) atoms. The van der Waals surface area contributed by atoms with Crippen molar-refractivity contribution in [1.82, 2.24) is 0 Å². The molecule has 1 aliphatic carbocycles. The van der Waals surface area contributed by atoms with Crippen LogP contribution in [0.5, 0.6) is 0 Å². The first-order valence-corrected chi connectivity index (χ1v) is 14.5. The first-order chi connectivity index (χ1) is 22.4. The highest BCUT2D eigenvalue weighted by atomic mass is 16.7. The Balaban J connectivity index is 0. The first kappa shape index (κ1) is 48.4. The summed E-state index contributed by atoms with van der Waals surface area (Å²) in [6.07, 6.45) is -18.3. The lowest BCUT2D eigenvalue weighted by atomic mass is 9.84. The normalized spacial score (nSPS) is 38.2. The molecular formula is C26H52N4O19. The highest BCUT2D eigenvalue weighted by molar-refractivity contribution is 5.63. The number of carboxylic acid groups (broad SMARTS) is 4. The Morgan fingerprint density at radius 2 is 0.776 bits per heavy atom. The van der Waals surface area contributed by atoms with E-state index in [0.717, 1.165) is 27.7 Å². The molecular weight excluding hydrogens is 672 g/mol. The van der Waals surface area contributed by atoms with Crippen LogP contribution >= 0.6 is 0 Å². The Morgan fingerprint density at radius 1 is 0.531 bits per heavy atom. The lowest BCUT2D eigenvalue weighted by Crippen LogP contribution is -2.68. The van der Waals surface area contributed by atoms with E-state index in [1.807, 2.05) is 0 Å². The molecule has 23 heteroatoms. The van der Waals surface area contributed by atoms with Crippen LogP contribution in [-0.2, 0) is 38.1 Å². The lowest BCUT2D eigenvalue weighted by Gasteiger charge is -2.48. The minimum Gasteiger partial charge on any atom is -0.481 e. The molecule has 0 amide bonds. The van der Waals surface area contributed by atoms with E-state index >= 15 is 0 Å².